The average molecular weight is 231 g/mol. The second-order valence-corrected chi connectivity index (χ2v) is 3.24. The maximum Gasteiger partial charge on any atom is 0.149 e. The molecular formula is C6H3Cl4N. The van der Waals surface area contributed by atoms with Crippen LogP contribution in [-0.4, -0.2) is 4.98 Å². The zero-order chi connectivity index (χ0) is 8.43. The van der Waals surface area contributed by atoms with Crippen molar-refractivity contribution in [2.75, 3.05) is 0 Å². The van der Waals surface area contributed by atoms with Gasteiger partial charge in [-0.05, 0) is 6.07 Å². The molecule has 1 nitrogen and oxygen atoms in total. The van der Waals surface area contributed by atoms with Crippen LogP contribution in [-0.2, 0) is 5.88 Å². The topological polar surface area (TPSA) is 12.9 Å². The van der Waals surface area contributed by atoms with Crippen LogP contribution < -0.4 is 0 Å². The van der Waals surface area contributed by atoms with Crippen molar-refractivity contribution in [2.24, 2.45) is 0 Å². The third-order valence-corrected chi connectivity index (χ3v) is 2.39. The fourth-order valence-corrected chi connectivity index (χ4v) is 1.41. The second-order valence-electron chi connectivity index (χ2n) is 1.84. The third-order valence-electron chi connectivity index (χ3n) is 1.10. The molecule has 1 aromatic rings. The van der Waals surface area contributed by atoms with E-state index < -0.39 is 0 Å². The van der Waals surface area contributed by atoms with E-state index >= 15 is 0 Å². The zero-order valence-corrected chi connectivity index (χ0v) is 8.27. The predicted octanol–water partition coefficient (Wildman–Crippen LogP) is 3.78. The van der Waals surface area contributed by atoms with Gasteiger partial charge in [-0.25, -0.2) is 4.98 Å². The molecule has 0 saturated heterocycles. The Hall–Kier alpha value is 0.310. The average Bonchev–Trinajstić information content (AvgIpc) is 1.97. The minimum Gasteiger partial charge on any atom is -0.222 e. The van der Waals surface area contributed by atoms with E-state index in [0.717, 1.165) is 0 Å². The van der Waals surface area contributed by atoms with Crippen molar-refractivity contribution in [1.82, 2.24) is 4.98 Å². The molecule has 0 N–H and O–H groups in total. The largest absolute Gasteiger partial charge is 0.222 e. The Bertz CT molecular complexity index is 274. The minimum atomic E-state index is 0.200. The highest BCUT2D eigenvalue weighted by molar-refractivity contribution is 6.42. The molecule has 0 fully saturated rings. The molecule has 0 aliphatic rings. The fraction of sp³-hybridized carbons (Fsp3) is 0.167. The first-order valence-corrected chi connectivity index (χ1v) is 4.38. The molecule has 0 aromatic carbocycles. The van der Waals surface area contributed by atoms with E-state index in [4.69, 9.17) is 46.4 Å². The molecule has 0 atom stereocenters. The van der Waals surface area contributed by atoms with Crippen molar-refractivity contribution >= 4 is 46.4 Å². The molecule has 0 spiro atoms. The molecule has 0 unspecified atom stereocenters. The van der Waals surface area contributed by atoms with Gasteiger partial charge >= 0.3 is 0 Å². The van der Waals surface area contributed by atoms with E-state index in [1.54, 1.807) is 6.07 Å². The lowest BCUT2D eigenvalue weighted by molar-refractivity contribution is 1.25. The summed E-state index contributed by atoms with van der Waals surface area (Å²) in [5, 5.41) is 0.867. The molecule has 1 heterocycles. The quantitative estimate of drug-likeness (QED) is 0.529. The molecule has 0 bridgehead atoms. The van der Waals surface area contributed by atoms with E-state index in [9.17, 15) is 0 Å². The molecular weight excluding hydrogens is 228 g/mol. The van der Waals surface area contributed by atoms with Crippen LogP contribution in [0.5, 0.6) is 0 Å². The van der Waals surface area contributed by atoms with Crippen LogP contribution in [0.1, 0.15) is 5.56 Å². The van der Waals surface area contributed by atoms with Gasteiger partial charge in [0.15, 0.2) is 0 Å². The van der Waals surface area contributed by atoms with Gasteiger partial charge in [0.1, 0.15) is 10.3 Å². The van der Waals surface area contributed by atoms with Crippen molar-refractivity contribution in [3.05, 3.63) is 27.0 Å². The Labute approximate surface area is 84.2 Å². The normalized spacial score (nSPS) is 10.2. The summed E-state index contributed by atoms with van der Waals surface area (Å²) < 4.78 is 0. The first kappa shape index (κ1) is 9.40. The highest BCUT2D eigenvalue weighted by Crippen LogP contribution is 2.25. The summed E-state index contributed by atoms with van der Waals surface area (Å²) in [5.41, 5.74) is 0.683. The predicted molar refractivity (Wildman–Crippen MR) is 48.8 cm³/mol. The summed E-state index contributed by atoms with van der Waals surface area (Å²) in [7, 11) is 0. The summed E-state index contributed by atoms with van der Waals surface area (Å²) in [4.78, 5) is 3.76. The molecule has 1 rings (SSSR count). The van der Waals surface area contributed by atoms with E-state index in [2.05, 4.69) is 4.98 Å². The molecule has 11 heavy (non-hydrogen) atoms. The number of halogens is 4. The SMILES string of the molecule is ClCc1cc(Cl)c(Cl)nc1Cl. The standard InChI is InChI=1S/C6H3Cl4N/c7-2-3-1-4(8)6(10)11-5(3)9/h1H,2H2. The molecule has 5 heteroatoms. The van der Waals surface area contributed by atoms with Gasteiger partial charge in [-0.3, -0.25) is 0 Å². The highest BCUT2D eigenvalue weighted by atomic mass is 35.5. The lowest BCUT2D eigenvalue weighted by atomic mass is 10.3. The number of hydrogen-bond acceptors (Lipinski definition) is 1. The van der Waals surface area contributed by atoms with Gasteiger partial charge < -0.3 is 0 Å². The molecule has 0 aliphatic heterocycles. The molecule has 0 aliphatic carbocycles. The maximum absolute atomic E-state index is 5.66. The lowest BCUT2D eigenvalue weighted by Gasteiger charge is -2.00. The van der Waals surface area contributed by atoms with E-state index in [0.29, 0.717) is 15.7 Å². The number of alkyl halides is 1. The van der Waals surface area contributed by atoms with Crippen LogP contribution in [0.15, 0.2) is 6.07 Å². The van der Waals surface area contributed by atoms with Gasteiger partial charge in [0.25, 0.3) is 0 Å². The number of hydrogen-bond donors (Lipinski definition) is 0. The highest BCUT2D eigenvalue weighted by Gasteiger charge is 2.05. The minimum absolute atomic E-state index is 0.200. The van der Waals surface area contributed by atoms with E-state index in [1.165, 1.54) is 0 Å². The van der Waals surface area contributed by atoms with Crippen LogP contribution in [0.4, 0.5) is 0 Å². The van der Waals surface area contributed by atoms with Crippen molar-refractivity contribution in [3.8, 4) is 0 Å². The van der Waals surface area contributed by atoms with Crippen molar-refractivity contribution in [2.45, 2.75) is 5.88 Å². The number of rotatable bonds is 1. The van der Waals surface area contributed by atoms with Crippen LogP contribution >= 0.6 is 46.4 Å². The van der Waals surface area contributed by atoms with Crippen LogP contribution in [0.25, 0.3) is 0 Å². The Balaban J connectivity index is 3.21. The summed E-state index contributed by atoms with van der Waals surface area (Å²) in [6.07, 6.45) is 0. The Morgan fingerprint density at radius 1 is 1.18 bits per heavy atom. The smallest absolute Gasteiger partial charge is 0.149 e. The fourth-order valence-electron chi connectivity index (χ4n) is 0.577. The molecule has 0 saturated carbocycles. The van der Waals surface area contributed by atoms with Crippen molar-refractivity contribution < 1.29 is 0 Å². The van der Waals surface area contributed by atoms with Crippen molar-refractivity contribution in [1.29, 1.82) is 0 Å². The van der Waals surface area contributed by atoms with Crippen LogP contribution in [0, 0.1) is 0 Å². The van der Waals surface area contributed by atoms with Gasteiger partial charge in [0.2, 0.25) is 0 Å². The summed E-state index contributed by atoms with van der Waals surface area (Å²) in [5.74, 6) is 0.280. The molecule has 1 aromatic heterocycles. The van der Waals surface area contributed by atoms with Gasteiger partial charge in [-0.1, -0.05) is 34.8 Å². The van der Waals surface area contributed by atoms with Gasteiger partial charge in [0, 0.05) is 5.56 Å². The summed E-state index contributed by atoms with van der Waals surface area (Å²) >= 11 is 22.4. The van der Waals surface area contributed by atoms with Gasteiger partial charge in [-0.2, -0.15) is 0 Å². The zero-order valence-electron chi connectivity index (χ0n) is 5.24. The Morgan fingerprint density at radius 2 is 1.82 bits per heavy atom. The van der Waals surface area contributed by atoms with E-state index in [-0.39, 0.29) is 11.0 Å². The summed E-state index contributed by atoms with van der Waals surface area (Å²) in [6, 6.07) is 1.60. The number of pyridine rings is 1. The Kier molecular flexibility index (Phi) is 3.26. The molecule has 0 amide bonds. The monoisotopic (exact) mass is 229 g/mol. The van der Waals surface area contributed by atoms with E-state index in [1.807, 2.05) is 0 Å². The van der Waals surface area contributed by atoms with Crippen LogP contribution in [0.3, 0.4) is 0 Å². The lowest BCUT2D eigenvalue weighted by Crippen LogP contribution is -1.86. The first-order valence-electron chi connectivity index (χ1n) is 2.71. The molecule has 0 radical (unpaired) electrons. The molecule has 60 valence electrons. The van der Waals surface area contributed by atoms with Gasteiger partial charge in [0.05, 0.1) is 10.9 Å². The second kappa shape index (κ2) is 3.81. The first-order chi connectivity index (χ1) is 5.15. The Morgan fingerprint density at radius 3 is 2.36 bits per heavy atom. The van der Waals surface area contributed by atoms with Crippen LogP contribution in [0.2, 0.25) is 15.3 Å². The summed E-state index contributed by atoms with van der Waals surface area (Å²) in [6.45, 7) is 0. The third kappa shape index (κ3) is 2.12. The number of nitrogens with zero attached hydrogens (tertiary/aromatic N) is 1. The van der Waals surface area contributed by atoms with Gasteiger partial charge in [-0.15, -0.1) is 11.6 Å². The number of aromatic nitrogens is 1. The maximum atomic E-state index is 5.66. The van der Waals surface area contributed by atoms with Crippen molar-refractivity contribution in [3.63, 3.8) is 0 Å².